The molecule has 1 amide bonds. The lowest BCUT2D eigenvalue weighted by Crippen LogP contribution is -2.29. The van der Waals surface area contributed by atoms with Gasteiger partial charge >= 0.3 is 0 Å². The zero-order chi connectivity index (χ0) is 14.6. The summed E-state index contributed by atoms with van der Waals surface area (Å²) in [6.45, 7) is 2.06. The first-order valence-electron chi connectivity index (χ1n) is 5.64. The van der Waals surface area contributed by atoms with E-state index in [4.69, 9.17) is 16.7 Å². The molecule has 1 atom stereocenters. The lowest BCUT2D eigenvalue weighted by Gasteiger charge is -2.10. The summed E-state index contributed by atoms with van der Waals surface area (Å²) in [7, 11) is -3.48. The quantitative estimate of drug-likeness (QED) is 0.853. The number of aliphatic hydroxyl groups is 1. The molecule has 1 aromatic carbocycles. The first-order valence-corrected chi connectivity index (χ1v) is 7.91. The fourth-order valence-corrected chi connectivity index (χ4v) is 2.66. The molecule has 2 N–H and O–H groups in total. The van der Waals surface area contributed by atoms with E-state index in [1.807, 2.05) is 0 Å². The molecule has 0 bridgehead atoms. The van der Waals surface area contributed by atoms with Crippen molar-refractivity contribution in [3.05, 3.63) is 28.8 Å². The van der Waals surface area contributed by atoms with E-state index in [1.165, 1.54) is 18.2 Å². The standard InChI is InChI=1S/C12H16ClNO4S/c1-8(7-15)6-14-12(16)9-3-4-10(13)11(5-9)19(2,17)18/h3-5,8,15H,6-7H2,1-2H3,(H,14,16). The van der Waals surface area contributed by atoms with E-state index in [0.717, 1.165) is 6.26 Å². The third-order valence-electron chi connectivity index (χ3n) is 2.52. The molecule has 0 heterocycles. The van der Waals surface area contributed by atoms with E-state index in [-0.39, 0.29) is 28.0 Å². The van der Waals surface area contributed by atoms with Gasteiger partial charge < -0.3 is 10.4 Å². The van der Waals surface area contributed by atoms with Gasteiger partial charge in [-0.05, 0) is 24.1 Å². The monoisotopic (exact) mass is 305 g/mol. The van der Waals surface area contributed by atoms with Crippen molar-refractivity contribution < 1.29 is 18.3 Å². The Kier molecular flexibility index (Phi) is 5.34. The van der Waals surface area contributed by atoms with E-state index in [2.05, 4.69) is 5.32 Å². The van der Waals surface area contributed by atoms with Gasteiger partial charge in [-0.3, -0.25) is 4.79 Å². The summed E-state index contributed by atoms with van der Waals surface area (Å²) in [6.07, 6.45) is 1.03. The third kappa shape index (κ3) is 4.49. The SMILES string of the molecule is CC(CO)CNC(=O)c1ccc(Cl)c(S(C)(=O)=O)c1. The van der Waals surface area contributed by atoms with Crippen molar-refractivity contribution in [3.8, 4) is 0 Å². The van der Waals surface area contributed by atoms with Gasteiger partial charge in [0.15, 0.2) is 9.84 Å². The molecule has 0 aliphatic carbocycles. The molecule has 5 nitrogen and oxygen atoms in total. The minimum atomic E-state index is -3.48. The van der Waals surface area contributed by atoms with Crippen molar-refractivity contribution in [2.24, 2.45) is 5.92 Å². The number of halogens is 1. The second-order valence-corrected chi connectivity index (χ2v) is 6.81. The van der Waals surface area contributed by atoms with Gasteiger partial charge in [-0.25, -0.2) is 8.42 Å². The molecule has 19 heavy (non-hydrogen) atoms. The highest BCUT2D eigenvalue weighted by Crippen LogP contribution is 2.22. The molecule has 1 aromatic rings. The van der Waals surface area contributed by atoms with E-state index in [0.29, 0.717) is 6.54 Å². The first-order chi connectivity index (χ1) is 8.75. The Morgan fingerprint density at radius 2 is 2.11 bits per heavy atom. The molecule has 1 unspecified atom stereocenters. The number of aliphatic hydroxyl groups excluding tert-OH is 1. The molecular weight excluding hydrogens is 290 g/mol. The summed E-state index contributed by atoms with van der Waals surface area (Å²) in [5, 5.41) is 11.6. The number of sulfone groups is 1. The van der Waals surface area contributed by atoms with Crippen LogP contribution in [0.25, 0.3) is 0 Å². The number of amides is 1. The predicted octanol–water partition coefficient (Wildman–Crippen LogP) is 1.10. The number of carbonyl (C=O) groups is 1. The molecule has 0 spiro atoms. The van der Waals surface area contributed by atoms with Crippen LogP contribution < -0.4 is 5.32 Å². The van der Waals surface area contributed by atoms with Crippen molar-refractivity contribution >= 4 is 27.3 Å². The summed E-state index contributed by atoms with van der Waals surface area (Å²) in [5.74, 6) is -0.465. The Bertz CT molecular complexity index is 571. The summed E-state index contributed by atoms with van der Waals surface area (Å²) >= 11 is 5.79. The number of benzene rings is 1. The van der Waals surface area contributed by atoms with Crippen LogP contribution in [0.5, 0.6) is 0 Å². The molecule has 0 aromatic heterocycles. The van der Waals surface area contributed by atoms with Gasteiger partial charge in [-0.15, -0.1) is 0 Å². The van der Waals surface area contributed by atoms with Crippen molar-refractivity contribution in [1.29, 1.82) is 0 Å². The van der Waals surface area contributed by atoms with Crippen molar-refractivity contribution in [2.75, 3.05) is 19.4 Å². The molecule has 0 saturated carbocycles. The van der Waals surface area contributed by atoms with Gasteiger partial charge in [0.05, 0.1) is 9.92 Å². The normalized spacial score (nSPS) is 13.1. The molecule has 0 aliphatic rings. The maximum atomic E-state index is 11.8. The lowest BCUT2D eigenvalue weighted by atomic mass is 10.1. The van der Waals surface area contributed by atoms with Crippen LogP contribution in [0, 0.1) is 5.92 Å². The first kappa shape index (κ1) is 15.9. The van der Waals surface area contributed by atoms with E-state index in [9.17, 15) is 13.2 Å². The molecule has 7 heteroatoms. The number of carbonyl (C=O) groups excluding carboxylic acids is 1. The Morgan fingerprint density at radius 1 is 1.47 bits per heavy atom. The second kappa shape index (κ2) is 6.36. The van der Waals surface area contributed by atoms with Gasteiger partial charge in [0.1, 0.15) is 0 Å². The highest BCUT2D eigenvalue weighted by atomic mass is 35.5. The van der Waals surface area contributed by atoms with Crippen LogP contribution in [-0.2, 0) is 9.84 Å². The van der Waals surface area contributed by atoms with Crippen LogP contribution in [0.1, 0.15) is 17.3 Å². The summed E-state index contributed by atoms with van der Waals surface area (Å²) in [6, 6.07) is 4.08. The summed E-state index contributed by atoms with van der Waals surface area (Å²) < 4.78 is 23.0. The maximum Gasteiger partial charge on any atom is 0.251 e. The molecule has 0 aliphatic heterocycles. The maximum absolute atomic E-state index is 11.8. The van der Waals surface area contributed by atoms with Gasteiger partial charge in [-0.1, -0.05) is 18.5 Å². The van der Waals surface area contributed by atoms with Crippen LogP contribution in [0.15, 0.2) is 23.1 Å². The number of rotatable bonds is 5. The third-order valence-corrected chi connectivity index (χ3v) is 4.09. The lowest BCUT2D eigenvalue weighted by molar-refractivity contribution is 0.0942. The number of hydrogen-bond acceptors (Lipinski definition) is 4. The fourth-order valence-electron chi connectivity index (χ4n) is 1.36. The minimum absolute atomic E-state index is 0.0323. The Balaban J connectivity index is 2.94. The Hall–Kier alpha value is -1.11. The zero-order valence-corrected chi connectivity index (χ0v) is 12.3. The number of hydrogen-bond donors (Lipinski definition) is 2. The molecule has 0 fully saturated rings. The Morgan fingerprint density at radius 3 is 2.63 bits per heavy atom. The molecular formula is C12H16ClNO4S. The predicted molar refractivity (Wildman–Crippen MR) is 73.1 cm³/mol. The highest BCUT2D eigenvalue weighted by Gasteiger charge is 2.16. The van der Waals surface area contributed by atoms with Crippen molar-refractivity contribution in [3.63, 3.8) is 0 Å². The van der Waals surface area contributed by atoms with Gasteiger partial charge in [-0.2, -0.15) is 0 Å². The minimum Gasteiger partial charge on any atom is -0.396 e. The molecule has 106 valence electrons. The van der Waals surface area contributed by atoms with Gasteiger partial charge in [0.25, 0.3) is 5.91 Å². The van der Waals surface area contributed by atoms with E-state index < -0.39 is 15.7 Å². The molecule has 1 rings (SSSR count). The van der Waals surface area contributed by atoms with Crippen LogP contribution in [-0.4, -0.2) is 38.8 Å². The summed E-state index contributed by atoms with van der Waals surface area (Å²) in [5.41, 5.74) is 0.218. The smallest absolute Gasteiger partial charge is 0.251 e. The van der Waals surface area contributed by atoms with E-state index >= 15 is 0 Å². The zero-order valence-electron chi connectivity index (χ0n) is 10.7. The van der Waals surface area contributed by atoms with Crippen molar-refractivity contribution in [2.45, 2.75) is 11.8 Å². The van der Waals surface area contributed by atoms with Gasteiger partial charge in [0, 0.05) is 25.0 Å². The van der Waals surface area contributed by atoms with Crippen LogP contribution in [0.3, 0.4) is 0 Å². The van der Waals surface area contributed by atoms with Crippen LogP contribution in [0.4, 0.5) is 0 Å². The topological polar surface area (TPSA) is 83.5 Å². The Labute approximate surface area is 117 Å². The number of nitrogens with one attached hydrogen (secondary N) is 1. The van der Waals surface area contributed by atoms with Gasteiger partial charge in [0.2, 0.25) is 0 Å². The van der Waals surface area contributed by atoms with Crippen LogP contribution >= 0.6 is 11.6 Å². The van der Waals surface area contributed by atoms with E-state index in [1.54, 1.807) is 6.92 Å². The summed E-state index contributed by atoms with van der Waals surface area (Å²) in [4.78, 5) is 11.8. The average molecular weight is 306 g/mol. The largest absolute Gasteiger partial charge is 0.396 e. The van der Waals surface area contributed by atoms with Crippen molar-refractivity contribution in [1.82, 2.24) is 5.32 Å². The average Bonchev–Trinajstić information content (AvgIpc) is 2.34. The molecule has 0 radical (unpaired) electrons. The second-order valence-electron chi connectivity index (χ2n) is 4.42. The molecule has 0 saturated heterocycles. The highest BCUT2D eigenvalue weighted by molar-refractivity contribution is 7.90. The fraction of sp³-hybridized carbons (Fsp3) is 0.417. The van der Waals surface area contributed by atoms with Crippen LogP contribution in [0.2, 0.25) is 5.02 Å².